The summed E-state index contributed by atoms with van der Waals surface area (Å²) in [5.74, 6) is -0.865. The minimum absolute atomic E-state index is 0.0645. The molecule has 2 fully saturated rings. The van der Waals surface area contributed by atoms with E-state index < -0.39 is 17.8 Å². The summed E-state index contributed by atoms with van der Waals surface area (Å²) >= 11 is 0. The smallest absolute Gasteiger partial charge is 0.252 e. The molecule has 136 valence electrons. The molecular formula is C18H25FN4O2. The van der Waals surface area contributed by atoms with Gasteiger partial charge in [-0.3, -0.25) is 9.59 Å². The Kier molecular flexibility index (Phi) is 5.22. The van der Waals surface area contributed by atoms with Crippen molar-refractivity contribution in [3.63, 3.8) is 0 Å². The molecule has 1 atom stereocenters. The van der Waals surface area contributed by atoms with Gasteiger partial charge < -0.3 is 20.0 Å². The third-order valence-corrected chi connectivity index (χ3v) is 5.04. The fourth-order valence-electron chi connectivity index (χ4n) is 3.38. The summed E-state index contributed by atoms with van der Waals surface area (Å²) in [5, 5.41) is 2.72. The Hall–Kier alpha value is -2.15. The third kappa shape index (κ3) is 3.76. The van der Waals surface area contributed by atoms with Gasteiger partial charge in [0.1, 0.15) is 11.9 Å². The van der Waals surface area contributed by atoms with Crippen LogP contribution in [0.1, 0.15) is 23.7 Å². The second kappa shape index (κ2) is 7.39. The molecule has 0 radical (unpaired) electrons. The minimum Gasteiger partial charge on any atom is -0.367 e. The highest BCUT2D eigenvalue weighted by Crippen LogP contribution is 2.22. The van der Waals surface area contributed by atoms with Crippen molar-refractivity contribution in [2.75, 3.05) is 51.2 Å². The maximum Gasteiger partial charge on any atom is 0.252 e. The van der Waals surface area contributed by atoms with E-state index in [1.807, 2.05) is 18.9 Å². The molecule has 2 saturated heterocycles. The molecule has 6 nitrogen and oxygen atoms in total. The molecular weight excluding hydrogens is 323 g/mol. The first-order valence-corrected chi connectivity index (χ1v) is 8.82. The number of anilines is 1. The Bertz CT molecular complexity index is 658. The Morgan fingerprint density at radius 2 is 1.96 bits per heavy atom. The second-order valence-corrected chi connectivity index (χ2v) is 6.69. The van der Waals surface area contributed by atoms with Gasteiger partial charge in [-0.1, -0.05) is 0 Å². The molecule has 0 spiro atoms. The van der Waals surface area contributed by atoms with Crippen LogP contribution >= 0.6 is 0 Å². The van der Waals surface area contributed by atoms with E-state index in [2.05, 4.69) is 10.2 Å². The highest BCUT2D eigenvalue weighted by molar-refractivity contribution is 5.98. The largest absolute Gasteiger partial charge is 0.367 e. The molecule has 3 rings (SSSR count). The Morgan fingerprint density at radius 1 is 1.24 bits per heavy atom. The minimum atomic E-state index is -0.507. The standard InChI is InChI=1S/C18H25FN4O2/c1-3-22-7-6-15(18(22)25)20-17(24)13-4-5-16(14(19)12-13)23-10-8-21(2)9-11-23/h4-5,12,15H,3,6-11H2,1-2H3,(H,20,24). The van der Waals surface area contributed by atoms with E-state index in [1.54, 1.807) is 17.0 Å². The molecule has 2 amide bonds. The fraction of sp³-hybridized carbons (Fsp3) is 0.556. The van der Waals surface area contributed by atoms with Crippen LogP contribution in [0.5, 0.6) is 0 Å². The predicted molar refractivity (Wildman–Crippen MR) is 94.2 cm³/mol. The van der Waals surface area contributed by atoms with Crippen LogP contribution in [0.25, 0.3) is 0 Å². The van der Waals surface area contributed by atoms with Crippen molar-refractivity contribution in [3.8, 4) is 0 Å². The number of hydrogen-bond donors (Lipinski definition) is 1. The van der Waals surface area contributed by atoms with Crippen molar-refractivity contribution >= 4 is 17.5 Å². The lowest BCUT2D eigenvalue weighted by Crippen LogP contribution is -2.45. The summed E-state index contributed by atoms with van der Waals surface area (Å²) < 4.78 is 14.5. The Morgan fingerprint density at radius 3 is 2.56 bits per heavy atom. The van der Waals surface area contributed by atoms with Crippen LogP contribution in [0.3, 0.4) is 0 Å². The monoisotopic (exact) mass is 348 g/mol. The van der Waals surface area contributed by atoms with Gasteiger partial charge in [0.25, 0.3) is 5.91 Å². The number of benzene rings is 1. The Balaban J connectivity index is 1.66. The lowest BCUT2D eigenvalue weighted by molar-refractivity contribution is -0.129. The number of halogens is 1. The SMILES string of the molecule is CCN1CCC(NC(=O)c2ccc(N3CCN(C)CC3)c(F)c2)C1=O. The summed E-state index contributed by atoms with van der Waals surface area (Å²) in [6.45, 7) is 6.51. The van der Waals surface area contributed by atoms with Crippen molar-refractivity contribution < 1.29 is 14.0 Å². The van der Waals surface area contributed by atoms with Gasteiger partial charge in [0, 0.05) is 44.8 Å². The fourth-order valence-corrected chi connectivity index (χ4v) is 3.38. The molecule has 7 heteroatoms. The number of piperazine rings is 1. The lowest BCUT2D eigenvalue weighted by atomic mass is 10.1. The molecule has 1 unspecified atom stereocenters. The number of hydrogen-bond acceptors (Lipinski definition) is 4. The maximum atomic E-state index is 14.5. The molecule has 1 aromatic carbocycles. The van der Waals surface area contributed by atoms with E-state index in [-0.39, 0.29) is 11.5 Å². The lowest BCUT2D eigenvalue weighted by Gasteiger charge is -2.34. The maximum absolute atomic E-state index is 14.5. The molecule has 2 aliphatic heterocycles. The van der Waals surface area contributed by atoms with E-state index in [1.165, 1.54) is 6.07 Å². The predicted octanol–water partition coefficient (Wildman–Crippen LogP) is 0.928. The summed E-state index contributed by atoms with van der Waals surface area (Å²) in [6, 6.07) is 4.04. The first-order chi connectivity index (χ1) is 12.0. The number of likely N-dealkylation sites (tertiary alicyclic amines) is 1. The van der Waals surface area contributed by atoms with Crippen molar-refractivity contribution in [3.05, 3.63) is 29.6 Å². The topological polar surface area (TPSA) is 55.9 Å². The van der Waals surface area contributed by atoms with Crippen LogP contribution < -0.4 is 10.2 Å². The van der Waals surface area contributed by atoms with Crippen LogP contribution in [0.15, 0.2) is 18.2 Å². The summed E-state index contributed by atoms with van der Waals surface area (Å²) in [5.41, 5.74) is 0.775. The second-order valence-electron chi connectivity index (χ2n) is 6.69. The van der Waals surface area contributed by atoms with E-state index >= 15 is 0 Å². The molecule has 1 N–H and O–H groups in total. The first kappa shape index (κ1) is 17.7. The number of amides is 2. The van der Waals surface area contributed by atoms with E-state index in [4.69, 9.17) is 0 Å². The zero-order valence-corrected chi connectivity index (χ0v) is 14.8. The molecule has 0 aliphatic carbocycles. The van der Waals surface area contributed by atoms with Crippen molar-refractivity contribution in [2.24, 2.45) is 0 Å². The molecule has 1 aromatic rings. The number of nitrogens with zero attached hydrogens (tertiary/aromatic N) is 3. The average molecular weight is 348 g/mol. The van der Waals surface area contributed by atoms with Crippen LogP contribution in [-0.2, 0) is 4.79 Å². The molecule has 2 aliphatic rings. The normalized spacial score (nSPS) is 21.7. The zero-order valence-electron chi connectivity index (χ0n) is 14.8. The van der Waals surface area contributed by atoms with Gasteiger partial charge in [-0.15, -0.1) is 0 Å². The van der Waals surface area contributed by atoms with Gasteiger partial charge in [0.15, 0.2) is 0 Å². The quantitative estimate of drug-likeness (QED) is 0.880. The average Bonchev–Trinajstić information content (AvgIpc) is 2.95. The van der Waals surface area contributed by atoms with Crippen LogP contribution in [0.4, 0.5) is 10.1 Å². The van der Waals surface area contributed by atoms with Gasteiger partial charge in [0.05, 0.1) is 5.69 Å². The van der Waals surface area contributed by atoms with E-state index in [0.29, 0.717) is 25.2 Å². The summed E-state index contributed by atoms with van der Waals surface area (Å²) in [4.78, 5) is 30.3. The van der Waals surface area contributed by atoms with Crippen LogP contribution in [0.2, 0.25) is 0 Å². The highest BCUT2D eigenvalue weighted by atomic mass is 19.1. The van der Waals surface area contributed by atoms with Gasteiger partial charge in [-0.2, -0.15) is 0 Å². The molecule has 25 heavy (non-hydrogen) atoms. The van der Waals surface area contributed by atoms with E-state index in [0.717, 1.165) is 26.2 Å². The van der Waals surface area contributed by atoms with Gasteiger partial charge in [-0.05, 0) is 38.6 Å². The zero-order chi connectivity index (χ0) is 18.0. The van der Waals surface area contributed by atoms with Gasteiger partial charge >= 0.3 is 0 Å². The first-order valence-electron chi connectivity index (χ1n) is 8.82. The molecule has 0 bridgehead atoms. The van der Waals surface area contributed by atoms with Crippen molar-refractivity contribution in [1.29, 1.82) is 0 Å². The third-order valence-electron chi connectivity index (χ3n) is 5.04. The molecule has 0 saturated carbocycles. The van der Waals surface area contributed by atoms with Crippen molar-refractivity contribution in [2.45, 2.75) is 19.4 Å². The number of rotatable bonds is 4. The Labute approximate surface area is 147 Å². The van der Waals surface area contributed by atoms with Crippen LogP contribution in [0, 0.1) is 5.82 Å². The van der Waals surface area contributed by atoms with Gasteiger partial charge in [-0.25, -0.2) is 4.39 Å². The summed E-state index contributed by atoms with van der Waals surface area (Å²) in [7, 11) is 2.05. The number of carbonyl (C=O) groups is 2. The highest BCUT2D eigenvalue weighted by Gasteiger charge is 2.32. The van der Waals surface area contributed by atoms with E-state index in [9.17, 15) is 14.0 Å². The van der Waals surface area contributed by atoms with Gasteiger partial charge in [0.2, 0.25) is 5.91 Å². The number of carbonyl (C=O) groups excluding carboxylic acids is 2. The number of nitrogens with one attached hydrogen (secondary N) is 1. The van der Waals surface area contributed by atoms with Crippen LogP contribution in [-0.4, -0.2) is 74.0 Å². The number of likely N-dealkylation sites (N-methyl/N-ethyl adjacent to an activating group) is 2. The van der Waals surface area contributed by atoms with Crippen molar-refractivity contribution in [1.82, 2.24) is 15.1 Å². The molecule has 2 heterocycles. The summed E-state index contributed by atoms with van der Waals surface area (Å²) in [6.07, 6.45) is 0.597. The molecule has 0 aromatic heterocycles.